The number of pyridine rings is 1. The molecular weight excluding hydrogens is 416 g/mol. The molecule has 0 radical (unpaired) electrons. The molecule has 0 saturated carbocycles. The molecule has 3 amide bonds. The van der Waals surface area contributed by atoms with Crippen LogP contribution in [-0.2, 0) is 4.79 Å². The first-order chi connectivity index (χ1) is 16.2. The molecule has 0 fully saturated rings. The van der Waals surface area contributed by atoms with Gasteiger partial charge in [-0.2, -0.15) is 0 Å². The summed E-state index contributed by atoms with van der Waals surface area (Å²) in [5.41, 5.74) is 3.77. The molecule has 1 heterocycles. The average molecular weight is 438 g/mol. The predicted octanol–water partition coefficient (Wildman–Crippen LogP) is 5.41. The van der Waals surface area contributed by atoms with E-state index < -0.39 is 0 Å². The molecule has 0 aliphatic rings. The number of ether oxygens (including phenoxy) is 1. The summed E-state index contributed by atoms with van der Waals surface area (Å²) < 4.78 is 5.78. The van der Waals surface area contributed by atoms with Crippen molar-refractivity contribution in [2.75, 3.05) is 22.6 Å². The number of benzene rings is 3. The number of nitrogens with zero attached hydrogens (tertiary/aromatic N) is 1. The summed E-state index contributed by atoms with van der Waals surface area (Å²) in [4.78, 5) is 28.3. The molecule has 4 aromatic rings. The minimum absolute atomic E-state index is 0.127. The molecule has 0 atom stereocenters. The minimum atomic E-state index is -0.372. The number of carbonyl (C=O) groups is 2. The monoisotopic (exact) mass is 438 g/mol. The zero-order valence-electron chi connectivity index (χ0n) is 17.7. The van der Waals surface area contributed by atoms with Crippen LogP contribution >= 0.6 is 0 Å². The zero-order chi connectivity index (χ0) is 22.9. The highest BCUT2D eigenvalue weighted by atomic mass is 16.5. The normalized spacial score (nSPS) is 10.2. The van der Waals surface area contributed by atoms with Crippen molar-refractivity contribution in [3.63, 3.8) is 0 Å². The summed E-state index contributed by atoms with van der Waals surface area (Å²) in [6, 6.07) is 27.3. The highest BCUT2D eigenvalue weighted by Crippen LogP contribution is 2.29. The van der Waals surface area contributed by atoms with Gasteiger partial charge in [0.1, 0.15) is 5.75 Å². The van der Waals surface area contributed by atoms with Crippen LogP contribution in [0.4, 0.5) is 21.9 Å². The van der Waals surface area contributed by atoms with E-state index in [-0.39, 0.29) is 18.5 Å². The predicted molar refractivity (Wildman–Crippen MR) is 129 cm³/mol. The maximum atomic E-state index is 12.4. The maximum absolute atomic E-state index is 12.4. The summed E-state index contributed by atoms with van der Waals surface area (Å²) in [6.45, 7) is -0.127. The van der Waals surface area contributed by atoms with E-state index >= 15 is 0 Å². The molecule has 3 aromatic carbocycles. The fourth-order valence-electron chi connectivity index (χ4n) is 3.15. The topological polar surface area (TPSA) is 92.4 Å². The summed E-state index contributed by atoms with van der Waals surface area (Å²) in [5, 5.41) is 8.23. The van der Waals surface area contributed by atoms with Gasteiger partial charge in [0, 0.05) is 35.0 Å². The van der Waals surface area contributed by atoms with Crippen LogP contribution in [-0.4, -0.2) is 23.5 Å². The van der Waals surface area contributed by atoms with Crippen LogP contribution in [0.2, 0.25) is 0 Å². The summed E-state index contributed by atoms with van der Waals surface area (Å²) in [5.74, 6) is 0.354. The zero-order valence-corrected chi connectivity index (χ0v) is 17.7. The molecule has 164 valence electrons. The van der Waals surface area contributed by atoms with Gasteiger partial charge in [0.2, 0.25) is 0 Å². The van der Waals surface area contributed by atoms with Crippen LogP contribution in [0.15, 0.2) is 103 Å². The van der Waals surface area contributed by atoms with Crippen LogP contribution in [0, 0.1) is 0 Å². The first kappa shape index (κ1) is 21.6. The highest BCUT2D eigenvalue weighted by molar-refractivity contribution is 6.00. The Morgan fingerprint density at radius 2 is 1.24 bits per heavy atom. The van der Waals surface area contributed by atoms with Gasteiger partial charge in [0.05, 0.1) is 0 Å². The van der Waals surface area contributed by atoms with E-state index in [1.807, 2.05) is 54.6 Å². The molecule has 1 aromatic heterocycles. The van der Waals surface area contributed by atoms with E-state index in [1.54, 1.807) is 48.8 Å². The second-order valence-corrected chi connectivity index (χ2v) is 7.09. The van der Waals surface area contributed by atoms with Gasteiger partial charge in [-0.05, 0) is 48.0 Å². The van der Waals surface area contributed by atoms with Crippen LogP contribution < -0.4 is 20.7 Å². The maximum Gasteiger partial charge on any atom is 0.323 e. The molecule has 3 N–H and O–H groups in total. The second kappa shape index (κ2) is 10.6. The summed E-state index contributed by atoms with van der Waals surface area (Å²) in [7, 11) is 0. The highest BCUT2D eigenvalue weighted by Gasteiger charge is 2.09. The van der Waals surface area contributed by atoms with Crippen molar-refractivity contribution in [3.8, 4) is 16.9 Å². The number of urea groups is 1. The molecule has 33 heavy (non-hydrogen) atoms. The van der Waals surface area contributed by atoms with Crippen molar-refractivity contribution >= 4 is 29.0 Å². The summed E-state index contributed by atoms with van der Waals surface area (Å²) >= 11 is 0. The Morgan fingerprint density at radius 3 is 1.94 bits per heavy atom. The Hall–Kier alpha value is -4.65. The van der Waals surface area contributed by atoms with E-state index in [9.17, 15) is 9.59 Å². The SMILES string of the molecule is O=C(COc1ccccc1-c1ccccc1)Nc1ccc(NC(=O)Nc2ccncc2)cc1. The lowest BCUT2D eigenvalue weighted by molar-refractivity contribution is -0.118. The smallest absolute Gasteiger partial charge is 0.323 e. The number of para-hydroxylation sites is 1. The van der Waals surface area contributed by atoms with Gasteiger partial charge < -0.3 is 20.7 Å². The molecule has 0 saturated heterocycles. The van der Waals surface area contributed by atoms with Gasteiger partial charge in [-0.15, -0.1) is 0 Å². The van der Waals surface area contributed by atoms with Gasteiger partial charge >= 0.3 is 6.03 Å². The fourth-order valence-corrected chi connectivity index (χ4v) is 3.15. The number of nitrogens with one attached hydrogen (secondary N) is 3. The van der Waals surface area contributed by atoms with E-state index in [0.717, 1.165) is 11.1 Å². The van der Waals surface area contributed by atoms with Crippen LogP contribution in [0.5, 0.6) is 5.75 Å². The van der Waals surface area contributed by atoms with Crippen molar-refractivity contribution in [2.45, 2.75) is 0 Å². The van der Waals surface area contributed by atoms with Crippen molar-refractivity contribution in [3.05, 3.63) is 103 Å². The Labute approximate surface area is 191 Å². The lowest BCUT2D eigenvalue weighted by atomic mass is 10.1. The van der Waals surface area contributed by atoms with E-state index in [1.165, 1.54) is 0 Å². The molecular formula is C26H22N4O3. The largest absolute Gasteiger partial charge is 0.483 e. The lowest BCUT2D eigenvalue weighted by Crippen LogP contribution is -2.21. The molecule has 4 rings (SSSR count). The van der Waals surface area contributed by atoms with Gasteiger partial charge in [-0.1, -0.05) is 48.5 Å². The average Bonchev–Trinajstić information content (AvgIpc) is 2.85. The van der Waals surface area contributed by atoms with Crippen molar-refractivity contribution in [1.82, 2.24) is 4.98 Å². The van der Waals surface area contributed by atoms with E-state index in [0.29, 0.717) is 22.8 Å². The molecule has 0 spiro atoms. The standard InChI is InChI=1S/C26H22N4O3/c31-25(18-33-24-9-5-4-8-23(24)19-6-2-1-3-7-19)28-20-10-12-21(13-11-20)29-26(32)30-22-14-16-27-17-15-22/h1-17H,18H2,(H,28,31)(H2,27,29,30,32). The molecule has 0 aliphatic heterocycles. The third-order valence-electron chi connectivity index (χ3n) is 4.70. The third kappa shape index (κ3) is 6.18. The number of hydrogen-bond acceptors (Lipinski definition) is 4. The molecule has 0 aliphatic carbocycles. The molecule has 0 unspecified atom stereocenters. The summed E-state index contributed by atoms with van der Waals surface area (Å²) in [6.07, 6.45) is 3.19. The molecule has 0 bridgehead atoms. The first-order valence-corrected chi connectivity index (χ1v) is 10.3. The van der Waals surface area contributed by atoms with E-state index in [2.05, 4.69) is 20.9 Å². The Kier molecular flexibility index (Phi) is 6.92. The van der Waals surface area contributed by atoms with Crippen LogP contribution in [0.1, 0.15) is 0 Å². The third-order valence-corrected chi connectivity index (χ3v) is 4.70. The number of carbonyl (C=O) groups excluding carboxylic acids is 2. The molecule has 7 heteroatoms. The fraction of sp³-hybridized carbons (Fsp3) is 0.0385. The van der Waals surface area contributed by atoms with E-state index in [4.69, 9.17) is 4.74 Å². The number of anilines is 3. The van der Waals surface area contributed by atoms with Gasteiger partial charge in [-0.25, -0.2) is 4.79 Å². The molecule has 7 nitrogen and oxygen atoms in total. The van der Waals surface area contributed by atoms with Crippen LogP contribution in [0.25, 0.3) is 11.1 Å². The number of aromatic nitrogens is 1. The number of rotatable bonds is 7. The van der Waals surface area contributed by atoms with Crippen molar-refractivity contribution in [1.29, 1.82) is 0 Å². The number of amides is 3. The lowest BCUT2D eigenvalue weighted by Gasteiger charge is -2.12. The Morgan fingerprint density at radius 1 is 0.667 bits per heavy atom. The van der Waals surface area contributed by atoms with Gasteiger partial charge in [0.15, 0.2) is 6.61 Å². The number of hydrogen-bond donors (Lipinski definition) is 3. The minimum Gasteiger partial charge on any atom is -0.483 e. The first-order valence-electron chi connectivity index (χ1n) is 10.3. The van der Waals surface area contributed by atoms with Gasteiger partial charge in [-0.3, -0.25) is 9.78 Å². The second-order valence-electron chi connectivity index (χ2n) is 7.09. The van der Waals surface area contributed by atoms with Crippen molar-refractivity contribution in [2.24, 2.45) is 0 Å². The van der Waals surface area contributed by atoms with Crippen LogP contribution in [0.3, 0.4) is 0 Å². The quantitative estimate of drug-likeness (QED) is 0.360. The van der Waals surface area contributed by atoms with Gasteiger partial charge in [0.25, 0.3) is 5.91 Å². The Bertz CT molecular complexity index is 1210. The Balaban J connectivity index is 1.29. The van der Waals surface area contributed by atoms with Crippen molar-refractivity contribution < 1.29 is 14.3 Å².